The molecule has 0 aromatic heterocycles. The van der Waals surface area contributed by atoms with Gasteiger partial charge in [-0.2, -0.15) is 4.31 Å². The van der Waals surface area contributed by atoms with Gasteiger partial charge in [-0.1, -0.05) is 23.7 Å². The Labute approximate surface area is 248 Å². The number of hydrogen-bond donors (Lipinski definition) is 1. The number of sulfonamides is 1. The summed E-state index contributed by atoms with van der Waals surface area (Å²) in [5, 5.41) is 14.9. The van der Waals surface area contributed by atoms with Crippen molar-refractivity contribution in [1.82, 2.24) is 14.5 Å². The fourth-order valence-electron chi connectivity index (χ4n) is 5.09. The number of esters is 2. The summed E-state index contributed by atoms with van der Waals surface area (Å²) in [6.45, 7) is 5.13. The molecule has 2 aromatic rings. The van der Waals surface area contributed by atoms with E-state index in [2.05, 4.69) is 5.32 Å². The number of hydrogen-bond acceptors (Lipinski definition) is 10. The second kappa shape index (κ2) is 13.0. The average molecular weight is 619 g/mol. The van der Waals surface area contributed by atoms with E-state index in [0.29, 0.717) is 41.6 Å². The number of benzene rings is 2. The summed E-state index contributed by atoms with van der Waals surface area (Å²) in [7, 11) is -2.43. The third-order valence-electron chi connectivity index (χ3n) is 7.22. The Morgan fingerprint density at radius 2 is 1.64 bits per heavy atom. The van der Waals surface area contributed by atoms with Crippen LogP contribution in [-0.2, 0) is 29.1 Å². The van der Waals surface area contributed by atoms with Gasteiger partial charge in [0.05, 0.1) is 34.0 Å². The first kappa shape index (κ1) is 31.2. The van der Waals surface area contributed by atoms with Crippen molar-refractivity contribution in [3.05, 3.63) is 91.8 Å². The number of dihydropyridines is 1. The normalized spacial score (nSPS) is 18.4. The Kier molecular flexibility index (Phi) is 9.67. The molecule has 12 nitrogen and oxygen atoms in total. The summed E-state index contributed by atoms with van der Waals surface area (Å²) in [6.07, 6.45) is 0. The van der Waals surface area contributed by atoms with Crippen LogP contribution in [0.25, 0.3) is 0 Å². The van der Waals surface area contributed by atoms with Gasteiger partial charge in [-0.15, -0.1) is 0 Å². The number of carbonyl (C=O) groups excluding carboxylic acids is 2. The second-order valence-corrected chi connectivity index (χ2v) is 12.2. The van der Waals surface area contributed by atoms with Gasteiger partial charge >= 0.3 is 11.9 Å². The first-order valence-corrected chi connectivity index (χ1v) is 14.9. The standard InChI is InChI=1S/C28H31ClN4O8S/c1-18-24(27(34)40-3)26(20-5-4-6-22(17-20)33(36)37)25(19(2)30-18)28(35)41-16-15-31-11-13-32(14-12-31)42(38,39)23-9-7-21(29)8-10-23/h4-10,17,26,30H,11-16H2,1-3H3. The van der Waals surface area contributed by atoms with Gasteiger partial charge in [-0.05, 0) is 43.7 Å². The smallest absolute Gasteiger partial charge is 0.336 e. The van der Waals surface area contributed by atoms with E-state index < -0.39 is 32.8 Å². The van der Waals surface area contributed by atoms with Gasteiger partial charge in [0.1, 0.15) is 6.61 Å². The van der Waals surface area contributed by atoms with Crippen molar-refractivity contribution in [1.29, 1.82) is 0 Å². The highest BCUT2D eigenvalue weighted by Crippen LogP contribution is 2.40. The number of rotatable bonds is 9. The molecule has 2 heterocycles. The number of piperazine rings is 1. The van der Waals surface area contributed by atoms with Crippen LogP contribution in [0.4, 0.5) is 5.69 Å². The predicted octanol–water partition coefficient (Wildman–Crippen LogP) is 3.21. The Morgan fingerprint density at radius 1 is 1.02 bits per heavy atom. The highest BCUT2D eigenvalue weighted by Gasteiger charge is 2.38. The third-order valence-corrected chi connectivity index (χ3v) is 9.39. The molecule has 2 aromatic carbocycles. The van der Waals surface area contributed by atoms with E-state index >= 15 is 0 Å². The molecule has 0 amide bonds. The van der Waals surface area contributed by atoms with Crippen molar-refractivity contribution in [3.63, 3.8) is 0 Å². The maximum Gasteiger partial charge on any atom is 0.336 e. The number of nitro benzene ring substituents is 1. The highest BCUT2D eigenvalue weighted by molar-refractivity contribution is 7.89. The van der Waals surface area contributed by atoms with Gasteiger partial charge in [0.2, 0.25) is 10.0 Å². The molecule has 0 spiro atoms. The molecule has 2 aliphatic heterocycles. The molecule has 224 valence electrons. The zero-order valence-corrected chi connectivity index (χ0v) is 24.9. The van der Waals surface area contributed by atoms with Crippen molar-refractivity contribution in [2.24, 2.45) is 0 Å². The van der Waals surface area contributed by atoms with Crippen molar-refractivity contribution < 1.29 is 32.4 Å². The average Bonchev–Trinajstić information content (AvgIpc) is 2.97. The molecule has 4 rings (SSSR count). The summed E-state index contributed by atoms with van der Waals surface area (Å²) < 4.78 is 37.9. The second-order valence-electron chi connectivity index (χ2n) is 9.81. The largest absolute Gasteiger partial charge is 0.466 e. The predicted molar refractivity (Wildman–Crippen MR) is 154 cm³/mol. The van der Waals surface area contributed by atoms with Crippen LogP contribution in [0.2, 0.25) is 5.02 Å². The van der Waals surface area contributed by atoms with E-state index in [-0.39, 0.29) is 41.4 Å². The Bertz CT molecular complexity index is 1550. The third kappa shape index (κ3) is 6.65. The molecule has 1 unspecified atom stereocenters. The van der Waals surface area contributed by atoms with Crippen molar-refractivity contribution in [3.8, 4) is 0 Å². The molecule has 1 N–H and O–H groups in total. The number of ether oxygens (including phenoxy) is 2. The Hall–Kier alpha value is -3.78. The lowest BCUT2D eigenvalue weighted by Crippen LogP contribution is -2.49. The van der Waals surface area contributed by atoms with Crippen LogP contribution < -0.4 is 5.32 Å². The van der Waals surface area contributed by atoms with Crippen LogP contribution in [0, 0.1) is 10.1 Å². The van der Waals surface area contributed by atoms with Gasteiger partial charge in [0.15, 0.2) is 0 Å². The van der Waals surface area contributed by atoms with Crippen LogP contribution in [0.15, 0.2) is 76.0 Å². The molecule has 1 saturated heterocycles. The molecule has 1 atom stereocenters. The van der Waals surface area contributed by atoms with Crippen molar-refractivity contribution in [2.45, 2.75) is 24.7 Å². The van der Waals surface area contributed by atoms with E-state index in [1.807, 2.05) is 4.90 Å². The van der Waals surface area contributed by atoms with Crippen LogP contribution in [0.5, 0.6) is 0 Å². The molecular formula is C28H31ClN4O8S. The number of carbonyl (C=O) groups is 2. The van der Waals surface area contributed by atoms with Gasteiger partial charge in [-0.3, -0.25) is 15.0 Å². The number of nitrogens with one attached hydrogen (secondary N) is 1. The SMILES string of the molecule is COC(=O)C1=C(C)NC(C)=C(C(=O)OCCN2CCN(S(=O)(=O)c3ccc(Cl)cc3)CC2)C1c1cccc([N+](=O)[O-])c1. The Balaban J connectivity index is 1.44. The first-order valence-electron chi connectivity index (χ1n) is 13.1. The summed E-state index contributed by atoms with van der Waals surface area (Å²) in [5.74, 6) is -2.32. The van der Waals surface area contributed by atoms with E-state index in [0.717, 1.165) is 0 Å². The fourth-order valence-corrected chi connectivity index (χ4v) is 6.64. The molecule has 42 heavy (non-hydrogen) atoms. The number of allylic oxidation sites excluding steroid dienone is 2. The van der Waals surface area contributed by atoms with Crippen LogP contribution >= 0.6 is 11.6 Å². The van der Waals surface area contributed by atoms with Gasteiger partial charge in [-0.25, -0.2) is 18.0 Å². The number of halogens is 1. The van der Waals surface area contributed by atoms with Crippen LogP contribution in [0.1, 0.15) is 25.3 Å². The topological polar surface area (TPSA) is 148 Å². The fraction of sp³-hybridized carbons (Fsp3) is 0.357. The number of non-ortho nitro benzene ring substituents is 1. The highest BCUT2D eigenvalue weighted by atomic mass is 35.5. The molecule has 2 aliphatic rings. The molecule has 1 fully saturated rings. The maximum atomic E-state index is 13.4. The number of nitro groups is 1. The number of methoxy groups -OCH3 is 1. The summed E-state index contributed by atoms with van der Waals surface area (Å²) in [4.78, 5) is 39.3. The summed E-state index contributed by atoms with van der Waals surface area (Å²) >= 11 is 5.88. The van der Waals surface area contributed by atoms with Crippen LogP contribution in [0.3, 0.4) is 0 Å². The summed E-state index contributed by atoms with van der Waals surface area (Å²) in [6, 6.07) is 11.8. The monoisotopic (exact) mass is 618 g/mol. The minimum atomic E-state index is -3.65. The number of nitrogens with zero attached hydrogens (tertiary/aromatic N) is 3. The molecule has 0 aliphatic carbocycles. The van der Waals surface area contributed by atoms with E-state index in [1.165, 1.54) is 53.9 Å². The zero-order chi connectivity index (χ0) is 30.6. The first-order chi connectivity index (χ1) is 19.9. The van der Waals surface area contributed by atoms with E-state index in [1.54, 1.807) is 19.9 Å². The molecule has 14 heteroatoms. The molecule has 0 bridgehead atoms. The van der Waals surface area contributed by atoms with E-state index in [9.17, 15) is 28.1 Å². The molecular weight excluding hydrogens is 588 g/mol. The molecule has 0 radical (unpaired) electrons. The van der Waals surface area contributed by atoms with Crippen molar-refractivity contribution in [2.75, 3.05) is 46.4 Å². The van der Waals surface area contributed by atoms with Gasteiger partial charge in [0.25, 0.3) is 5.69 Å². The summed E-state index contributed by atoms with van der Waals surface area (Å²) in [5.41, 5.74) is 1.38. The van der Waals surface area contributed by atoms with Crippen LogP contribution in [-0.4, -0.2) is 80.9 Å². The quantitative estimate of drug-likeness (QED) is 0.252. The lowest BCUT2D eigenvalue weighted by atomic mass is 9.80. The minimum absolute atomic E-state index is 0.0114. The Morgan fingerprint density at radius 3 is 2.24 bits per heavy atom. The van der Waals surface area contributed by atoms with Gasteiger partial charge in [0, 0.05) is 61.3 Å². The van der Waals surface area contributed by atoms with E-state index in [4.69, 9.17) is 21.1 Å². The van der Waals surface area contributed by atoms with Gasteiger partial charge < -0.3 is 14.8 Å². The minimum Gasteiger partial charge on any atom is -0.466 e. The molecule has 0 saturated carbocycles. The van der Waals surface area contributed by atoms with Crippen molar-refractivity contribution >= 4 is 39.3 Å². The lowest BCUT2D eigenvalue weighted by Gasteiger charge is -2.34. The lowest BCUT2D eigenvalue weighted by molar-refractivity contribution is -0.384. The zero-order valence-electron chi connectivity index (χ0n) is 23.3. The maximum absolute atomic E-state index is 13.4.